The fourth-order valence-electron chi connectivity index (χ4n) is 1.87. The molecule has 0 aliphatic carbocycles. The Morgan fingerprint density at radius 2 is 2.35 bits per heavy atom. The van der Waals surface area contributed by atoms with Crippen molar-refractivity contribution in [2.24, 2.45) is 0 Å². The van der Waals surface area contributed by atoms with Crippen LogP contribution in [0.3, 0.4) is 0 Å². The van der Waals surface area contributed by atoms with Crippen LogP contribution >= 0.6 is 12.6 Å². The molecule has 1 aliphatic rings. The summed E-state index contributed by atoms with van der Waals surface area (Å²) >= 11 is 4.36. The second-order valence-electron chi connectivity index (χ2n) is 3.81. The summed E-state index contributed by atoms with van der Waals surface area (Å²) in [7, 11) is 1.34. The van der Waals surface area contributed by atoms with Gasteiger partial charge in [-0.3, -0.25) is 0 Å². The maximum absolute atomic E-state index is 11.1. The maximum atomic E-state index is 11.1. The van der Waals surface area contributed by atoms with Crippen LogP contribution in [0.15, 0.2) is 11.0 Å². The number of esters is 1. The predicted molar refractivity (Wildman–Crippen MR) is 65.1 cm³/mol. The minimum atomic E-state index is -0.396. The van der Waals surface area contributed by atoms with Gasteiger partial charge in [-0.2, -0.15) is 0 Å². The van der Waals surface area contributed by atoms with Crippen molar-refractivity contribution in [1.82, 2.24) is 0 Å². The van der Waals surface area contributed by atoms with Gasteiger partial charge in [0.05, 0.1) is 13.7 Å². The van der Waals surface area contributed by atoms with E-state index in [1.165, 1.54) is 7.11 Å². The Balaban J connectivity index is 2.28. The van der Waals surface area contributed by atoms with Gasteiger partial charge in [-0.15, -0.1) is 12.6 Å². The monoisotopic (exact) mass is 254 g/mol. The van der Waals surface area contributed by atoms with E-state index in [9.17, 15) is 4.79 Å². The number of carbonyl (C=O) groups is 1. The molecule has 0 radical (unpaired) electrons. The summed E-state index contributed by atoms with van der Waals surface area (Å²) < 4.78 is 15.5. The first-order valence-corrected chi connectivity index (χ1v) is 5.76. The molecular formula is C12H14O4S. The molecule has 0 aromatic heterocycles. The normalized spacial score (nSPS) is 12.9. The van der Waals surface area contributed by atoms with E-state index in [1.54, 1.807) is 0 Å². The zero-order chi connectivity index (χ0) is 12.4. The second kappa shape index (κ2) is 4.87. The van der Waals surface area contributed by atoms with Crippen LogP contribution in [0.1, 0.15) is 11.1 Å². The lowest BCUT2D eigenvalue weighted by atomic mass is 10.1. The summed E-state index contributed by atoms with van der Waals surface area (Å²) in [6.07, 6.45) is 0.779. The number of rotatable bonds is 3. The molecule has 0 saturated carbocycles. The van der Waals surface area contributed by atoms with Crippen LogP contribution in [-0.2, 0) is 16.0 Å². The summed E-state index contributed by atoms with van der Waals surface area (Å²) in [5.41, 5.74) is 1.93. The van der Waals surface area contributed by atoms with Crippen LogP contribution in [0.4, 0.5) is 0 Å². The van der Waals surface area contributed by atoms with E-state index in [-0.39, 0.29) is 6.61 Å². The highest BCUT2D eigenvalue weighted by Gasteiger charge is 2.22. The molecule has 92 valence electrons. The Hall–Kier alpha value is -1.36. The van der Waals surface area contributed by atoms with Crippen LogP contribution < -0.4 is 9.47 Å². The lowest BCUT2D eigenvalue weighted by Crippen LogP contribution is -2.13. The molecule has 1 heterocycles. The Morgan fingerprint density at radius 3 is 3.06 bits per heavy atom. The maximum Gasteiger partial charge on any atom is 0.343 e. The number of carbonyl (C=O) groups excluding carboxylic acids is 1. The van der Waals surface area contributed by atoms with Gasteiger partial charge < -0.3 is 14.2 Å². The van der Waals surface area contributed by atoms with Gasteiger partial charge in [0, 0.05) is 16.9 Å². The van der Waals surface area contributed by atoms with E-state index >= 15 is 0 Å². The molecule has 1 aliphatic heterocycles. The highest BCUT2D eigenvalue weighted by atomic mass is 32.1. The highest BCUT2D eigenvalue weighted by molar-refractivity contribution is 7.80. The van der Waals surface area contributed by atoms with Crippen molar-refractivity contribution >= 4 is 18.6 Å². The van der Waals surface area contributed by atoms with Gasteiger partial charge in [0.25, 0.3) is 0 Å². The molecular weight excluding hydrogens is 240 g/mol. The van der Waals surface area contributed by atoms with Gasteiger partial charge in [0.1, 0.15) is 11.5 Å². The van der Waals surface area contributed by atoms with Crippen LogP contribution in [-0.4, -0.2) is 26.3 Å². The highest BCUT2D eigenvalue weighted by Crippen LogP contribution is 2.40. The first-order valence-electron chi connectivity index (χ1n) is 5.31. The van der Waals surface area contributed by atoms with Gasteiger partial charge in [-0.1, -0.05) is 0 Å². The van der Waals surface area contributed by atoms with E-state index in [1.807, 2.05) is 13.0 Å². The third kappa shape index (κ3) is 2.34. The molecule has 0 unspecified atom stereocenters. The molecule has 0 bridgehead atoms. The number of ether oxygens (including phenoxy) is 3. The summed E-state index contributed by atoms with van der Waals surface area (Å²) in [6, 6.07) is 1.87. The zero-order valence-electron chi connectivity index (χ0n) is 9.78. The summed E-state index contributed by atoms with van der Waals surface area (Å²) in [6.45, 7) is 2.46. The van der Waals surface area contributed by atoms with Crippen LogP contribution in [0, 0.1) is 6.92 Å². The van der Waals surface area contributed by atoms with Gasteiger partial charge in [-0.05, 0) is 18.6 Å². The quantitative estimate of drug-likeness (QED) is 0.659. The fraction of sp³-hybridized carbons (Fsp3) is 0.417. The molecule has 1 aromatic rings. The number of aryl methyl sites for hydroxylation is 1. The number of hydrogen-bond donors (Lipinski definition) is 1. The average molecular weight is 254 g/mol. The van der Waals surface area contributed by atoms with Gasteiger partial charge >= 0.3 is 5.97 Å². The van der Waals surface area contributed by atoms with Crippen molar-refractivity contribution in [3.63, 3.8) is 0 Å². The third-order valence-corrected chi connectivity index (χ3v) is 2.98. The predicted octanol–water partition coefficient (Wildman–Crippen LogP) is 1.77. The van der Waals surface area contributed by atoms with E-state index in [2.05, 4.69) is 17.4 Å². The Kier molecular flexibility index (Phi) is 3.47. The van der Waals surface area contributed by atoms with Crippen molar-refractivity contribution < 1.29 is 19.0 Å². The largest absolute Gasteiger partial charge is 0.492 e. The molecule has 0 saturated heterocycles. The Morgan fingerprint density at radius 1 is 1.59 bits per heavy atom. The molecule has 0 atom stereocenters. The minimum Gasteiger partial charge on any atom is -0.492 e. The molecule has 0 fully saturated rings. The van der Waals surface area contributed by atoms with Crippen molar-refractivity contribution in [1.29, 1.82) is 0 Å². The number of thiol groups is 1. The van der Waals surface area contributed by atoms with Crippen LogP contribution in [0.2, 0.25) is 0 Å². The van der Waals surface area contributed by atoms with Crippen molar-refractivity contribution in [2.75, 3.05) is 20.3 Å². The van der Waals surface area contributed by atoms with Gasteiger partial charge in [-0.25, -0.2) is 4.79 Å². The van der Waals surface area contributed by atoms with Crippen molar-refractivity contribution in [3.05, 3.63) is 17.2 Å². The van der Waals surface area contributed by atoms with E-state index in [0.29, 0.717) is 12.4 Å². The molecule has 0 N–H and O–H groups in total. The van der Waals surface area contributed by atoms with Crippen LogP contribution in [0.25, 0.3) is 0 Å². The first-order chi connectivity index (χ1) is 8.13. The standard InChI is InChI=1S/C12H14O4S/c1-7-5-9(17)12-8(3-4-15-12)11(7)16-6-10(13)14-2/h5,17H,3-4,6H2,1-2H3. The van der Waals surface area contributed by atoms with Gasteiger partial charge in [0.15, 0.2) is 6.61 Å². The zero-order valence-corrected chi connectivity index (χ0v) is 10.7. The minimum absolute atomic E-state index is 0.0876. The first kappa shape index (κ1) is 12.1. The number of methoxy groups -OCH3 is 1. The number of benzene rings is 1. The number of hydrogen-bond acceptors (Lipinski definition) is 5. The summed E-state index contributed by atoms with van der Waals surface area (Å²) in [5, 5.41) is 0. The molecule has 0 spiro atoms. The van der Waals surface area contributed by atoms with Gasteiger partial charge in [0.2, 0.25) is 0 Å². The van der Waals surface area contributed by atoms with E-state index in [0.717, 1.165) is 28.2 Å². The molecule has 1 aromatic carbocycles. The van der Waals surface area contributed by atoms with E-state index < -0.39 is 5.97 Å². The molecule has 5 heteroatoms. The lowest BCUT2D eigenvalue weighted by Gasteiger charge is -2.13. The van der Waals surface area contributed by atoms with Crippen molar-refractivity contribution in [2.45, 2.75) is 18.2 Å². The molecule has 4 nitrogen and oxygen atoms in total. The van der Waals surface area contributed by atoms with Crippen molar-refractivity contribution in [3.8, 4) is 11.5 Å². The topological polar surface area (TPSA) is 44.8 Å². The fourth-order valence-corrected chi connectivity index (χ4v) is 2.26. The summed E-state index contributed by atoms with van der Waals surface area (Å²) in [5.74, 6) is 1.08. The molecule has 17 heavy (non-hydrogen) atoms. The number of fused-ring (bicyclic) bond motifs is 1. The Bertz CT molecular complexity index is 456. The third-order valence-electron chi connectivity index (χ3n) is 2.65. The average Bonchev–Trinajstić information content (AvgIpc) is 2.77. The van der Waals surface area contributed by atoms with E-state index in [4.69, 9.17) is 9.47 Å². The van der Waals surface area contributed by atoms with Crippen LogP contribution in [0.5, 0.6) is 11.5 Å². The second-order valence-corrected chi connectivity index (χ2v) is 4.29. The summed E-state index contributed by atoms with van der Waals surface area (Å²) in [4.78, 5) is 11.9. The Labute approximate surface area is 105 Å². The smallest absolute Gasteiger partial charge is 0.343 e. The molecule has 2 rings (SSSR count). The SMILES string of the molecule is COC(=O)COc1c(C)cc(S)c2c1CCO2. The molecule has 0 amide bonds. The lowest BCUT2D eigenvalue weighted by molar-refractivity contribution is -0.142.